The second kappa shape index (κ2) is 8.18. The smallest absolute Gasteiger partial charge is 0.121 e. The van der Waals surface area contributed by atoms with Crippen LogP contribution in [0.25, 0.3) is 0 Å². The molecule has 0 heterocycles. The van der Waals surface area contributed by atoms with Crippen molar-refractivity contribution in [3.8, 4) is 5.75 Å². The Hall–Kier alpha value is -1.06. The lowest BCUT2D eigenvalue weighted by Gasteiger charge is -2.13. The van der Waals surface area contributed by atoms with Gasteiger partial charge < -0.3 is 14.9 Å². The van der Waals surface area contributed by atoms with Gasteiger partial charge in [-0.1, -0.05) is 18.2 Å². The highest BCUT2D eigenvalue weighted by Gasteiger charge is 2.07. The maximum Gasteiger partial charge on any atom is 0.121 e. The summed E-state index contributed by atoms with van der Waals surface area (Å²) in [6.07, 6.45) is 4.07. The van der Waals surface area contributed by atoms with Crippen molar-refractivity contribution in [3.63, 3.8) is 0 Å². The molecule has 0 saturated heterocycles. The third kappa shape index (κ3) is 6.08. The molecule has 0 aliphatic carbocycles. The van der Waals surface area contributed by atoms with E-state index >= 15 is 0 Å². The molecule has 1 aromatic carbocycles. The van der Waals surface area contributed by atoms with E-state index in [-0.39, 0.29) is 0 Å². The quantitative estimate of drug-likeness (QED) is 0.781. The molecule has 108 valence electrons. The van der Waals surface area contributed by atoms with E-state index in [1.807, 2.05) is 12.1 Å². The lowest BCUT2D eigenvalue weighted by Crippen LogP contribution is -2.14. The van der Waals surface area contributed by atoms with Crippen LogP contribution in [0.1, 0.15) is 24.0 Å². The zero-order chi connectivity index (χ0) is 14.3. The Morgan fingerprint density at radius 1 is 0.842 bits per heavy atom. The number of nitrogens with zero attached hydrogens (tertiary/aromatic N) is 2. The van der Waals surface area contributed by atoms with E-state index in [1.165, 1.54) is 0 Å². The van der Waals surface area contributed by atoms with E-state index in [0.717, 1.165) is 49.9 Å². The van der Waals surface area contributed by atoms with Crippen LogP contribution in [0.2, 0.25) is 0 Å². The lowest BCUT2D eigenvalue weighted by molar-refractivity contribution is 0.393. The van der Waals surface area contributed by atoms with Crippen LogP contribution in [0.3, 0.4) is 0 Å². The monoisotopic (exact) mass is 264 g/mol. The SMILES string of the molecule is CN(C)CCCc1cccc(CCCN(C)C)c1O. The first-order chi connectivity index (χ1) is 9.00. The van der Waals surface area contributed by atoms with Crippen LogP contribution in [-0.2, 0) is 12.8 Å². The molecule has 1 aromatic rings. The molecule has 0 aromatic heterocycles. The van der Waals surface area contributed by atoms with Crippen molar-refractivity contribution < 1.29 is 5.11 Å². The van der Waals surface area contributed by atoms with Crippen LogP contribution in [-0.4, -0.2) is 56.2 Å². The predicted octanol–water partition coefficient (Wildman–Crippen LogP) is 2.38. The number of hydrogen-bond acceptors (Lipinski definition) is 3. The summed E-state index contributed by atoms with van der Waals surface area (Å²) in [5.74, 6) is 0.514. The molecule has 1 N–H and O–H groups in total. The van der Waals surface area contributed by atoms with Gasteiger partial charge in [-0.05, 0) is 78.1 Å². The summed E-state index contributed by atoms with van der Waals surface area (Å²) in [4.78, 5) is 4.36. The van der Waals surface area contributed by atoms with E-state index in [2.05, 4.69) is 44.1 Å². The van der Waals surface area contributed by atoms with Crippen molar-refractivity contribution in [3.05, 3.63) is 29.3 Å². The van der Waals surface area contributed by atoms with Gasteiger partial charge in [0.15, 0.2) is 0 Å². The number of para-hydroxylation sites is 1. The van der Waals surface area contributed by atoms with Gasteiger partial charge in [-0.3, -0.25) is 0 Å². The number of phenolic OH excluding ortho intramolecular Hbond substituents is 1. The fourth-order valence-electron chi connectivity index (χ4n) is 2.22. The van der Waals surface area contributed by atoms with E-state index in [1.54, 1.807) is 0 Å². The van der Waals surface area contributed by atoms with Gasteiger partial charge in [0, 0.05) is 0 Å². The maximum absolute atomic E-state index is 10.3. The molecule has 3 heteroatoms. The van der Waals surface area contributed by atoms with Gasteiger partial charge in [0.2, 0.25) is 0 Å². The molecule has 0 unspecified atom stereocenters. The normalized spacial score (nSPS) is 11.5. The molecule has 19 heavy (non-hydrogen) atoms. The van der Waals surface area contributed by atoms with Crippen LogP contribution in [0.4, 0.5) is 0 Å². The van der Waals surface area contributed by atoms with Crippen LogP contribution in [0.15, 0.2) is 18.2 Å². The van der Waals surface area contributed by atoms with Gasteiger partial charge >= 0.3 is 0 Å². The molecular weight excluding hydrogens is 236 g/mol. The number of hydrogen-bond donors (Lipinski definition) is 1. The van der Waals surface area contributed by atoms with E-state index < -0.39 is 0 Å². The summed E-state index contributed by atoms with van der Waals surface area (Å²) in [7, 11) is 8.32. The average molecular weight is 264 g/mol. The van der Waals surface area contributed by atoms with Crippen LogP contribution >= 0.6 is 0 Å². The van der Waals surface area contributed by atoms with E-state index in [0.29, 0.717) is 5.75 Å². The Kier molecular flexibility index (Phi) is 6.89. The fourth-order valence-corrected chi connectivity index (χ4v) is 2.22. The summed E-state index contributed by atoms with van der Waals surface area (Å²) >= 11 is 0. The fraction of sp³-hybridized carbons (Fsp3) is 0.625. The van der Waals surface area contributed by atoms with Crippen molar-refractivity contribution in [2.45, 2.75) is 25.7 Å². The zero-order valence-corrected chi connectivity index (χ0v) is 12.8. The number of benzene rings is 1. The summed E-state index contributed by atoms with van der Waals surface area (Å²) in [6.45, 7) is 2.12. The van der Waals surface area contributed by atoms with Gasteiger partial charge in [0.05, 0.1) is 0 Å². The molecule has 0 aliphatic rings. The minimum Gasteiger partial charge on any atom is -0.507 e. The summed E-state index contributed by atoms with van der Waals surface area (Å²) in [5, 5.41) is 10.3. The van der Waals surface area contributed by atoms with E-state index in [4.69, 9.17) is 0 Å². The molecule has 0 bridgehead atoms. The van der Waals surface area contributed by atoms with Gasteiger partial charge in [-0.2, -0.15) is 0 Å². The average Bonchev–Trinajstić information content (AvgIpc) is 2.32. The molecule has 1 rings (SSSR count). The minimum absolute atomic E-state index is 0.514. The topological polar surface area (TPSA) is 26.7 Å². The van der Waals surface area contributed by atoms with Crippen LogP contribution in [0, 0.1) is 0 Å². The summed E-state index contributed by atoms with van der Waals surface area (Å²) in [5.41, 5.74) is 2.17. The van der Waals surface area contributed by atoms with Crippen molar-refractivity contribution in [1.82, 2.24) is 9.80 Å². The van der Waals surface area contributed by atoms with Gasteiger partial charge in [0.25, 0.3) is 0 Å². The number of aryl methyl sites for hydroxylation is 2. The second-order valence-corrected chi connectivity index (χ2v) is 5.74. The highest BCUT2D eigenvalue weighted by Crippen LogP contribution is 2.24. The summed E-state index contributed by atoms with van der Waals surface area (Å²) < 4.78 is 0. The Labute approximate surface area is 117 Å². The lowest BCUT2D eigenvalue weighted by atomic mass is 10.0. The van der Waals surface area contributed by atoms with Gasteiger partial charge in [-0.25, -0.2) is 0 Å². The van der Waals surface area contributed by atoms with Crippen LogP contribution in [0.5, 0.6) is 5.75 Å². The number of phenols is 1. The van der Waals surface area contributed by atoms with Crippen molar-refractivity contribution in [1.29, 1.82) is 0 Å². The van der Waals surface area contributed by atoms with Crippen molar-refractivity contribution in [2.75, 3.05) is 41.3 Å². The Balaban J connectivity index is 2.54. The first-order valence-electron chi connectivity index (χ1n) is 7.10. The molecule has 3 nitrogen and oxygen atoms in total. The second-order valence-electron chi connectivity index (χ2n) is 5.74. The maximum atomic E-state index is 10.3. The number of rotatable bonds is 8. The first kappa shape index (κ1) is 16.0. The third-order valence-corrected chi connectivity index (χ3v) is 3.31. The Morgan fingerprint density at radius 3 is 1.63 bits per heavy atom. The standard InChI is InChI=1S/C16H28N2O/c1-17(2)12-6-10-14-8-5-9-15(16(14)19)11-7-13-18(3)4/h5,8-9,19H,6-7,10-13H2,1-4H3. The molecule has 0 fully saturated rings. The number of aromatic hydroxyl groups is 1. The molecule has 0 saturated carbocycles. The molecule has 0 atom stereocenters. The molecule has 0 radical (unpaired) electrons. The zero-order valence-electron chi connectivity index (χ0n) is 12.8. The van der Waals surface area contributed by atoms with Gasteiger partial charge in [0.1, 0.15) is 5.75 Å². The Morgan fingerprint density at radius 2 is 1.26 bits per heavy atom. The highest BCUT2D eigenvalue weighted by atomic mass is 16.3. The van der Waals surface area contributed by atoms with Crippen molar-refractivity contribution in [2.24, 2.45) is 0 Å². The minimum atomic E-state index is 0.514. The molecule has 0 amide bonds. The Bertz CT molecular complexity index is 343. The molecule has 0 aliphatic heterocycles. The third-order valence-electron chi connectivity index (χ3n) is 3.31. The predicted molar refractivity (Wildman–Crippen MR) is 81.9 cm³/mol. The van der Waals surface area contributed by atoms with Crippen LogP contribution < -0.4 is 0 Å². The van der Waals surface area contributed by atoms with Crippen molar-refractivity contribution >= 4 is 0 Å². The largest absolute Gasteiger partial charge is 0.507 e. The molecule has 0 spiro atoms. The first-order valence-corrected chi connectivity index (χ1v) is 7.10. The summed E-state index contributed by atoms with van der Waals surface area (Å²) in [6, 6.07) is 6.15. The van der Waals surface area contributed by atoms with Gasteiger partial charge in [-0.15, -0.1) is 0 Å². The highest BCUT2D eigenvalue weighted by molar-refractivity contribution is 5.40. The molecular formula is C16H28N2O. The van der Waals surface area contributed by atoms with E-state index in [9.17, 15) is 5.11 Å².